The number of fused-ring (bicyclic) bond motifs is 1. The topological polar surface area (TPSA) is 95.6 Å². The number of benzene rings is 1. The van der Waals surface area contributed by atoms with E-state index in [0.717, 1.165) is 41.1 Å². The fourth-order valence-corrected chi connectivity index (χ4v) is 4.24. The third kappa shape index (κ3) is 5.01. The minimum Gasteiger partial charge on any atom is -0.483 e. The van der Waals surface area contributed by atoms with E-state index >= 15 is 0 Å². The Labute approximate surface area is 194 Å². The lowest BCUT2D eigenvalue weighted by Crippen LogP contribution is -2.23. The molecule has 8 nitrogen and oxygen atoms in total. The van der Waals surface area contributed by atoms with Crippen molar-refractivity contribution in [2.75, 3.05) is 12.4 Å². The molecule has 0 N–H and O–H groups in total. The fourth-order valence-electron chi connectivity index (χ4n) is 3.20. The van der Waals surface area contributed by atoms with Gasteiger partial charge in [-0.25, -0.2) is 31.4 Å². The Bertz CT molecular complexity index is 1580. The van der Waals surface area contributed by atoms with Crippen molar-refractivity contribution in [3.8, 4) is 22.7 Å². The van der Waals surface area contributed by atoms with E-state index in [1.54, 1.807) is 0 Å². The van der Waals surface area contributed by atoms with Crippen molar-refractivity contribution in [1.29, 1.82) is 0 Å². The van der Waals surface area contributed by atoms with Gasteiger partial charge >= 0.3 is 11.9 Å². The van der Waals surface area contributed by atoms with Gasteiger partial charge in [-0.3, -0.25) is 0 Å². The molecule has 0 spiro atoms. The van der Waals surface area contributed by atoms with Crippen LogP contribution in [0.15, 0.2) is 58.5 Å². The summed E-state index contributed by atoms with van der Waals surface area (Å²) in [5, 5.41) is 4.01. The second kappa shape index (κ2) is 8.76. The molecule has 184 valence electrons. The smallest absolute Gasteiger partial charge is 0.422 e. The molecule has 0 atom stereocenters. The molecule has 0 unspecified atom stereocenters. The van der Waals surface area contributed by atoms with Gasteiger partial charge in [-0.1, -0.05) is 6.92 Å². The largest absolute Gasteiger partial charge is 0.483 e. The SMILES string of the molecule is CCS(=O)(=O)c1cc(-c2cc(F)cc(F)c2)cnc1-n1nc2ccc(OCC(F)(F)F)cn2c1=O. The van der Waals surface area contributed by atoms with Crippen LogP contribution >= 0.6 is 0 Å². The Balaban J connectivity index is 1.86. The summed E-state index contributed by atoms with van der Waals surface area (Å²) in [6.07, 6.45) is -2.50. The Morgan fingerprint density at radius 1 is 1.03 bits per heavy atom. The third-order valence-corrected chi connectivity index (χ3v) is 6.57. The van der Waals surface area contributed by atoms with E-state index in [2.05, 4.69) is 14.8 Å². The van der Waals surface area contributed by atoms with Gasteiger partial charge in [0.2, 0.25) is 0 Å². The van der Waals surface area contributed by atoms with E-state index in [-0.39, 0.29) is 34.1 Å². The standard InChI is InChI=1S/C21H15F5N4O4S/c1-2-35(32,33)17-7-13(12-5-14(22)8-15(23)6-12)9-27-19(17)30-20(31)29-10-16(3-4-18(29)28-30)34-11-21(24,25)26/h3-10H,2,11H2,1H3. The van der Waals surface area contributed by atoms with E-state index in [1.807, 2.05) is 0 Å². The summed E-state index contributed by atoms with van der Waals surface area (Å²) in [5.74, 6) is -2.82. The summed E-state index contributed by atoms with van der Waals surface area (Å²) in [5.41, 5.74) is -0.865. The highest BCUT2D eigenvalue weighted by Crippen LogP contribution is 2.27. The third-order valence-electron chi connectivity index (χ3n) is 4.84. The average molecular weight is 514 g/mol. The van der Waals surface area contributed by atoms with Gasteiger partial charge in [-0.05, 0) is 35.9 Å². The first kappa shape index (κ1) is 24.3. The van der Waals surface area contributed by atoms with Crippen molar-refractivity contribution in [2.45, 2.75) is 18.0 Å². The van der Waals surface area contributed by atoms with Crippen molar-refractivity contribution in [3.05, 3.63) is 70.9 Å². The normalized spacial score (nSPS) is 12.3. The van der Waals surface area contributed by atoms with E-state index in [1.165, 1.54) is 13.0 Å². The van der Waals surface area contributed by atoms with E-state index in [0.29, 0.717) is 10.7 Å². The highest BCUT2D eigenvalue weighted by atomic mass is 32.2. The highest BCUT2D eigenvalue weighted by molar-refractivity contribution is 7.91. The van der Waals surface area contributed by atoms with Crippen LogP contribution in [0.25, 0.3) is 22.6 Å². The Hall–Kier alpha value is -3.81. The first-order valence-electron chi connectivity index (χ1n) is 9.88. The summed E-state index contributed by atoms with van der Waals surface area (Å²) < 4.78 is 96.4. The van der Waals surface area contributed by atoms with Crippen LogP contribution in [0.2, 0.25) is 0 Å². The molecule has 0 bridgehead atoms. The van der Waals surface area contributed by atoms with Crippen LogP contribution in [0.3, 0.4) is 0 Å². The monoisotopic (exact) mass is 514 g/mol. The van der Waals surface area contributed by atoms with Crippen molar-refractivity contribution in [1.82, 2.24) is 19.2 Å². The molecular formula is C21H15F5N4O4S. The summed E-state index contributed by atoms with van der Waals surface area (Å²) in [6, 6.07) is 6.11. The first-order chi connectivity index (χ1) is 16.4. The van der Waals surface area contributed by atoms with Crippen LogP contribution < -0.4 is 10.4 Å². The van der Waals surface area contributed by atoms with Gasteiger partial charge in [-0.2, -0.15) is 17.9 Å². The molecule has 4 rings (SSSR count). The minimum atomic E-state index is -4.59. The number of sulfone groups is 1. The van der Waals surface area contributed by atoms with Gasteiger partial charge in [0.05, 0.1) is 11.9 Å². The number of halogens is 5. The lowest BCUT2D eigenvalue weighted by Gasteiger charge is -2.10. The van der Waals surface area contributed by atoms with Gasteiger partial charge in [0.15, 0.2) is 27.9 Å². The molecule has 0 aliphatic carbocycles. The summed E-state index contributed by atoms with van der Waals surface area (Å²) in [7, 11) is -4.02. The number of ether oxygens (including phenoxy) is 1. The molecule has 3 aromatic heterocycles. The molecule has 0 fully saturated rings. The second-order valence-electron chi connectivity index (χ2n) is 7.30. The Morgan fingerprint density at radius 3 is 2.34 bits per heavy atom. The quantitative estimate of drug-likeness (QED) is 0.365. The van der Waals surface area contributed by atoms with Gasteiger partial charge in [-0.15, -0.1) is 5.10 Å². The number of aromatic nitrogens is 4. The van der Waals surface area contributed by atoms with E-state index in [4.69, 9.17) is 0 Å². The van der Waals surface area contributed by atoms with E-state index < -0.39 is 44.8 Å². The molecule has 3 heterocycles. The molecule has 1 aromatic carbocycles. The number of pyridine rings is 2. The van der Waals surface area contributed by atoms with Crippen LogP contribution in [0.1, 0.15) is 6.92 Å². The maximum atomic E-state index is 13.7. The number of alkyl halides is 3. The first-order valence-corrected chi connectivity index (χ1v) is 11.5. The molecule has 0 radical (unpaired) electrons. The van der Waals surface area contributed by atoms with Crippen LogP contribution in [0.4, 0.5) is 22.0 Å². The molecule has 0 aliphatic rings. The minimum absolute atomic E-state index is 0.0166. The second-order valence-corrected chi connectivity index (χ2v) is 9.55. The molecule has 4 aromatic rings. The zero-order valence-corrected chi connectivity index (χ0v) is 18.6. The summed E-state index contributed by atoms with van der Waals surface area (Å²) in [4.78, 5) is 16.5. The molecule has 35 heavy (non-hydrogen) atoms. The van der Waals surface area contributed by atoms with Crippen molar-refractivity contribution in [3.63, 3.8) is 0 Å². The van der Waals surface area contributed by atoms with Gasteiger partial charge in [0.1, 0.15) is 22.3 Å². The van der Waals surface area contributed by atoms with Crippen LogP contribution in [-0.2, 0) is 9.84 Å². The number of hydrogen-bond donors (Lipinski definition) is 0. The molecule has 0 saturated carbocycles. The van der Waals surface area contributed by atoms with Gasteiger partial charge < -0.3 is 4.74 Å². The summed E-state index contributed by atoms with van der Waals surface area (Å²) >= 11 is 0. The molecule has 0 amide bonds. The molecule has 0 aliphatic heterocycles. The van der Waals surface area contributed by atoms with Crippen LogP contribution in [-0.4, -0.2) is 46.1 Å². The molecule has 14 heteroatoms. The van der Waals surface area contributed by atoms with Crippen LogP contribution in [0, 0.1) is 11.6 Å². The Kier molecular flexibility index (Phi) is 6.09. The molecule has 0 saturated heterocycles. The van der Waals surface area contributed by atoms with Gasteiger partial charge in [0, 0.05) is 17.8 Å². The number of nitrogens with zero attached hydrogens (tertiary/aromatic N) is 4. The van der Waals surface area contributed by atoms with Crippen molar-refractivity contribution in [2.24, 2.45) is 0 Å². The Morgan fingerprint density at radius 2 is 1.71 bits per heavy atom. The predicted octanol–water partition coefficient (Wildman–Crippen LogP) is 3.56. The number of rotatable bonds is 6. The summed E-state index contributed by atoms with van der Waals surface area (Å²) in [6.45, 7) is -0.228. The molecular weight excluding hydrogens is 499 g/mol. The lowest BCUT2D eigenvalue weighted by molar-refractivity contribution is -0.153. The fraction of sp³-hybridized carbons (Fsp3) is 0.190. The maximum absolute atomic E-state index is 13.7. The van der Waals surface area contributed by atoms with Crippen LogP contribution in [0.5, 0.6) is 5.75 Å². The van der Waals surface area contributed by atoms with Crippen molar-refractivity contribution >= 4 is 15.5 Å². The predicted molar refractivity (Wildman–Crippen MR) is 113 cm³/mol. The number of hydrogen-bond acceptors (Lipinski definition) is 6. The highest BCUT2D eigenvalue weighted by Gasteiger charge is 2.29. The zero-order chi connectivity index (χ0) is 25.5. The maximum Gasteiger partial charge on any atom is 0.422 e. The van der Waals surface area contributed by atoms with Crippen molar-refractivity contribution < 1.29 is 35.1 Å². The lowest BCUT2D eigenvalue weighted by atomic mass is 10.1. The average Bonchev–Trinajstić information content (AvgIpc) is 3.12. The van der Waals surface area contributed by atoms with E-state index in [9.17, 15) is 35.2 Å². The van der Waals surface area contributed by atoms with Gasteiger partial charge in [0.25, 0.3) is 0 Å². The zero-order valence-electron chi connectivity index (χ0n) is 17.8.